The van der Waals surface area contributed by atoms with Crippen LogP contribution in [-0.2, 0) is 0 Å². The van der Waals surface area contributed by atoms with Gasteiger partial charge in [-0.05, 0) is 42.3 Å². The fraction of sp³-hybridized carbons (Fsp3) is 0.368. The Morgan fingerprint density at radius 3 is 2.92 bits per heavy atom. The lowest BCUT2D eigenvalue weighted by molar-refractivity contribution is 0.131. The lowest BCUT2D eigenvalue weighted by Crippen LogP contribution is -2.53. The minimum Gasteiger partial charge on any atom is -0.493 e. The number of aromatic nitrogens is 1. The van der Waals surface area contributed by atoms with Gasteiger partial charge >= 0.3 is 0 Å². The van der Waals surface area contributed by atoms with Crippen LogP contribution in [0.25, 0.3) is 0 Å². The Labute approximate surface area is 157 Å². The molecule has 1 aromatic heterocycles. The summed E-state index contributed by atoms with van der Waals surface area (Å²) in [6, 6.07) is 8.54. The summed E-state index contributed by atoms with van der Waals surface area (Å²) in [5.41, 5.74) is 1.95. The van der Waals surface area contributed by atoms with Crippen LogP contribution in [0.2, 0.25) is 0 Å². The van der Waals surface area contributed by atoms with Gasteiger partial charge in [0.25, 0.3) is 0 Å². The van der Waals surface area contributed by atoms with Crippen LogP contribution >= 0.6 is 12.2 Å². The first-order chi connectivity index (χ1) is 12.6. The van der Waals surface area contributed by atoms with Gasteiger partial charge in [-0.25, -0.2) is 9.37 Å². The van der Waals surface area contributed by atoms with Crippen molar-refractivity contribution in [1.82, 2.24) is 9.88 Å². The van der Waals surface area contributed by atoms with E-state index in [1.807, 2.05) is 12.1 Å². The van der Waals surface area contributed by atoms with Gasteiger partial charge in [-0.1, -0.05) is 6.07 Å². The molecule has 7 heteroatoms. The average Bonchev–Trinajstić information content (AvgIpc) is 2.61. The van der Waals surface area contributed by atoms with E-state index in [-0.39, 0.29) is 5.82 Å². The molecule has 0 radical (unpaired) electrons. The van der Waals surface area contributed by atoms with E-state index in [1.165, 1.54) is 12.1 Å². The van der Waals surface area contributed by atoms with Crippen molar-refractivity contribution in [3.63, 3.8) is 0 Å². The first kappa shape index (κ1) is 17.0. The maximum Gasteiger partial charge on any atom is 0.213 e. The molecule has 26 heavy (non-hydrogen) atoms. The summed E-state index contributed by atoms with van der Waals surface area (Å²) in [7, 11) is 1.59. The van der Waals surface area contributed by atoms with Crippen LogP contribution in [0.5, 0.6) is 11.6 Å². The predicted octanol–water partition coefficient (Wildman–Crippen LogP) is 3.42. The van der Waals surface area contributed by atoms with E-state index in [0.717, 1.165) is 30.8 Å². The molecule has 0 amide bonds. The number of thiocarbonyl (C=S) groups is 1. The number of methoxy groups -OCH3 is 1. The number of ether oxygens (including phenoxy) is 2. The topological polar surface area (TPSA) is 46.6 Å². The molecule has 0 spiro atoms. The minimum atomic E-state index is -0.252. The molecule has 0 bridgehead atoms. The number of halogens is 1. The molecular weight excluding hydrogens is 353 g/mol. The first-order valence-electron chi connectivity index (χ1n) is 8.62. The summed E-state index contributed by atoms with van der Waals surface area (Å²) in [4.78, 5) is 6.31. The number of anilines is 1. The molecule has 0 saturated carbocycles. The van der Waals surface area contributed by atoms with Gasteiger partial charge in [0.1, 0.15) is 11.6 Å². The van der Waals surface area contributed by atoms with E-state index in [4.69, 9.17) is 21.7 Å². The molecule has 0 aliphatic carbocycles. The van der Waals surface area contributed by atoms with Gasteiger partial charge < -0.3 is 19.7 Å². The summed E-state index contributed by atoms with van der Waals surface area (Å²) in [6.45, 7) is 2.41. The molecule has 1 saturated heterocycles. The lowest BCUT2D eigenvalue weighted by Gasteiger charge is -2.46. The predicted molar refractivity (Wildman–Crippen MR) is 101 cm³/mol. The van der Waals surface area contributed by atoms with Crippen LogP contribution in [0.3, 0.4) is 0 Å². The van der Waals surface area contributed by atoms with Gasteiger partial charge in [-0.3, -0.25) is 0 Å². The summed E-state index contributed by atoms with van der Waals surface area (Å²) in [5.74, 6) is 1.89. The Kier molecular flexibility index (Phi) is 4.63. The molecular formula is C19H20FN3O2S. The van der Waals surface area contributed by atoms with Crippen molar-refractivity contribution in [2.24, 2.45) is 5.92 Å². The second-order valence-corrected chi connectivity index (χ2v) is 7.00. The molecule has 1 unspecified atom stereocenters. The average molecular weight is 373 g/mol. The number of rotatable bonds is 3. The van der Waals surface area contributed by atoms with Crippen molar-refractivity contribution in [2.75, 3.05) is 32.1 Å². The minimum absolute atomic E-state index is 0.252. The Bertz CT molecular complexity index is 809. The standard InChI is InChI=1S/C19H20FN3O2S/c1-24-18-5-3-14(9-21-18)22-19(26)23-10-12(11-23)15-6-7-25-17-8-13(20)2-4-16(15)17/h2-5,8-9,12,15H,6-7,10-11H2,1H3,(H,22,26). The highest BCUT2D eigenvalue weighted by molar-refractivity contribution is 7.80. The number of likely N-dealkylation sites (tertiary alicyclic amines) is 1. The van der Waals surface area contributed by atoms with E-state index in [2.05, 4.69) is 15.2 Å². The van der Waals surface area contributed by atoms with Crippen LogP contribution in [0.4, 0.5) is 10.1 Å². The Hall–Kier alpha value is -2.41. The Balaban J connectivity index is 1.36. The summed E-state index contributed by atoms with van der Waals surface area (Å²) >= 11 is 5.50. The molecule has 1 fully saturated rings. The third kappa shape index (κ3) is 3.31. The molecule has 1 N–H and O–H groups in total. The van der Waals surface area contributed by atoms with Crippen molar-refractivity contribution in [1.29, 1.82) is 0 Å². The highest BCUT2D eigenvalue weighted by Crippen LogP contribution is 2.42. The van der Waals surface area contributed by atoms with Crippen molar-refractivity contribution in [3.05, 3.63) is 47.9 Å². The van der Waals surface area contributed by atoms with Gasteiger partial charge in [-0.15, -0.1) is 0 Å². The zero-order valence-electron chi connectivity index (χ0n) is 14.4. The van der Waals surface area contributed by atoms with Gasteiger partial charge in [-0.2, -0.15) is 0 Å². The number of nitrogens with one attached hydrogen (secondary N) is 1. The highest BCUT2D eigenvalue weighted by Gasteiger charge is 2.38. The van der Waals surface area contributed by atoms with E-state index in [0.29, 0.717) is 35.2 Å². The number of hydrogen-bond donors (Lipinski definition) is 1. The summed E-state index contributed by atoms with van der Waals surface area (Å²) < 4.78 is 24.1. The van der Waals surface area contributed by atoms with Gasteiger partial charge in [0, 0.05) is 31.1 Å². The van der Waals surface area contributed by atoms with Crippen molar-refractivity contribution in [2.45, 2.75) is 12.3 Å². The quantitative estimate of drug-likeness (QED) is 0.832. The Morgan fingerprint density at radius 1 is 1.35 bits per heavy atom. The zero-order chi connectivity index (χ0) is 18.1. The van der Waals surface area contributed by atoms with E-state index in [1.54, 1.807) is 19.4 Å². The number of benzene rings is 1. The SMILES string of the molecule is COc1ccc(NC(=S)N2CC(C3CCOc4cc(F)ccc43)C2)cn1. The van der Waals surface area contributed by atoms with Gasteiger partial charge in [0.15, 0.2) is 5.11 Å². The highest BCUT2D eigenvalue weighted by atomic mass is 32.1. The van der Waals surface area contributed by atoms with Gasteiger partial charge in [0.05, 0.1) is 25.6 Å². The number of nitrogens with zero attached hydrogens (tertiary/aromatic N) is 2. The van der Waals surface area contributed by atoms with Gasteiger partial charge in [0.2, 0.25) is 5.88 Å². The summed E-state index contributed by atoms with van der Waals surface area (Å²) in [6.07, 6.45) is 2.66. The molecule has 3 heterocycles. The van der Waals surface area contributed by atoms with Crippen molar-refractivity contribution >= 4 is 23.0 Å². The molecule has 1 aromatic carbocycles. The molecule has 4 rings (SSSR count). The van der Waals surface area contributed by atoms with E-state index in [9.17, 15) is 4.39 Å². The molecule has 2 aliphatic rings. The normalized spacial score (nSPS) is 19.2. The number of fused-ring (bicyclic) bond motifs is 1. The second kappa shape index (κ2) is 7.07. The van der Waals surface area contributed by atoms with Crippen LogP contribution < -0.4 is 14.8 Å². The molecule has 136 valence electrons. The maximum atomic E-state index is 13.4. The molecule has 2 aliphatic heterocycles. The Morgan fingerprint density at radius 2 is 2.19 bits per heavy atom. The fourth-order valence-electron chi connectivity index (χ4n) is 3.59. The molecule has 1 atom stereocenters. The van der Waals surface area contributed by atoms with Crippen LogP contribution in [0.15, 0.2) is 36.5 Å². The van der Waals surface area contributed by atoms with E-state index >= 15 is 0 Å². The zero-order valence-corrected chi connectivity index (χ0v) is 15.3. The number of hydrogen-bond acceptors (Lipinski definition) is 4. The van der Waals surface area contributed by atoms with Crippen molar-refractivity contribution < 1.29 is 13.9 Å². The third-order valence-corrected chi connectivity index (χ3v) is 5.38. The largest absolute Gasteiger partial charge is 0.493 e. The lowest BCUT2D eigenvalue weighted by atomic mass is 9.78. The molecule has 2 aromatic rings. The van der Waals surface area contributed by atoms with Crippen LogP contribution in [0.1, 0.15) is 17.9 Å². The van der Waals surface area contributed by atoms with Crippen molar-refractivity contribution in [3.8, 4) is 11.6 Å². The maximum absolute atomic E-state index is 13.4. The summed E-state index contributed by atoms with van der Waals surface area (Å²) in [5, 5.41) is 3.90. The van der Waals surface area contributed by atoms with Crippen LogP contribution in [0, 0.1) is 11.7 Å². The smallest absolute Gasteiger partial charge is 0.213 e. The second-order valence-electron chi connectivity index (χ2n) is 6.61. The number of pyridine rings is 1. The van der Waals surface area contributed by atoms with E-state index < -0.39 is 0 Å². The monoisotopic (exact) mass is 373 g/mol. The molecule has 5 nitrogen and oxygen atoms in total. The van der Waals surface area contributed by atoms with Crippen LogP contribution in [-0.4, -0.2) is 41.8 Å². The fourth-order valence-corrected chi connectivity index (χ4v) is 3.86. The third-order valence-electron chi connectivity index (χ3n) is 5.02. The first-order valence-corrected chi connectivity index (χ1v) is 9.03.